The Hall–Kier alpha value is -2.05. The minimum Gasteiger partial charge on any atom is -0.493 e. The second kappa shape index (κ2) is 11.1. The number of ether oxygens (including phenoxy) is 2. The van der Waals surface area contributed by atoms with Gasteiger partial charge < -0.3 is 20.1 Å². The van der Waals surface area contributed by atoms with Gasteiger partial charge in [-0.2, -0.15) is 0 Å². The molecule has 28 heavy (non-hydrogen) atoms. The Morgan fingerprint density at radius 2 is 1.93 bits per heavy atom. The minimum atomic E-state index is -3.73. The van der Waals surface area contributed by atoms with Gasteiger partial charge in [0.15, 0.2) is 17.5 Å². The van der Waals surface area contributed by atoms with E-state index in [1.807, 2.05) is 19.1 Å². The van der Waals surface area contributed by atoms with Crippen LogP contribution in [0.4, 0.5) is 5.69 Å². The molecule has 2 aromatic carbocycles. The van der Waals surface area contributed by atoms with E-state index in [1.165, 1.54) is 12.1 Å². The monoisotopic (exact) mass is 520 g/mol. The first kappa shape index (κ1) is 24.0. The third-order valence-corrected chi connectivity index (χ3v) is 4.55. The lowest BCUT2D eigenvalue weighted by Crippen LogP contribution is -2.30. The summed E-state index contributed by atoms with van der Waals surface area (Å²) < 4.78 is 33.7. The molecular weight excluding hydrogens is 495 g/mol. The summed E-state index contributed by atoms with van der Waals surface area (Å²) >= 11 is 0. The molecule has 0 aliphatic heterocycles. The molecule has 154 valence electrons. The third kappa shape index (κ3) is 6.84. The summed E-state index contributed by atoms with van der Waals surface area (Å²) in [6.45, 7) is 2.79. The van der Waals surface area contributed by atoms with E-state index in [-0.39, 0.29) is 28.9 Å². The van der Waals surface area contributed by atoms with E-state index in [4.69, 9.17) is 14.6 Å². The molecule has 4 N–H and O–H groups in total. The number of nitrogens with zero attached hydrogens (tertiary/aromatic N) is 1. The Balaban J connectivity index is 0.00000392. The number of hydrogen-bond donors (Lipinski definition) is 3. The molecule has 0 saturated heterocycles. The molecule has 0 saturated carbocycles. The van der Waals surface area contributed by atoms with Gasteiger partial charge in [-0.1, -0.05) is 12.1 Å². The molecule has 2 aromatic rings. The molecule has 0 atom stereocenters. The van der Waals surface area contributed by atoms with E-state index < -0.39 is 10.0 Å². The van der Waals surface area contributed by atoms with E-state index >= 15 is 0 Å². The van der Waals surface area contributed by atoms with Crippen LogP contribution in [0.1, 0.15) is 12.5 Å². The fraction of sp³-hybridized carbons (Fsp3) is 0.278. The molecule has 10 heteroatoms. The van der Waals surface area contributed by atoms with Crippen molar-refractivity contribution in [3.8, 4) is 11.5 Å². The van der Waals surface area contributed by atoms with Gasteiger partial charge in [-0.05, 0) is 36.8 Å². The molecule has 0 unspecified atom stereocenters. The molecule has 0 aliphatic carbocycles. The highest BCUT2D eigenvalue weighted by molar-refractivity contribution is 14.0. The first-order valence-electron chi connectivity index (χ1n) is 8.27. The van der Waals surface area contributed by atoms with E-state index in [0.717, 1.165) is 11.3 Å². The maximum absolute atomic E-state index is 11.5. The zero-order valence-electron chi connectivity index (χ0n) is 15.9. The summed E-state index contributed by atoms with van der Waals surface area (Å²) in [6, 6.07) is 11.9. The molecule has 0 aromatic heterocycles. The molecule has 0 radical (unpaired) electrons. The van der Waals surface area contributed by atoms with Crippen LogP contribution < -0.4 is 25.2 Å². The standard InChI is InChI=1S/C18H24N4O4S.HI/c1-4-26-17-11-14(8-9-16(17)25-3)22-18(20-2)21-12-13-6-5-7-15(10-13)27(19,23)24;/h5-11H,4,12H2,1-3H3,(H2,19,23,24)(H2,20,21,22);1H. The van der Waals surface area contributed by atoms with E-state index in [9.17, 15) is 8.42 Å². The first-order chi connectivity index (χ1) is 12.9. The molecule has 0 heterocycles. The number of hydrogen-bond acceptors (Lipinski definition) is 5. The van der Waals surface area contributed by atoms with Crippen LogP contribution in [-0.4, -0.2) is 35.1 Å². The Bertz CT molecular complexity index is 920. The largest absolute Gasteiger partial charge is 0.493 e. The topological polar surface area (TPSA) is 115 Å². The molecule has 2 rings (SSSR count). The number of nitrogens with two attached hydrogens (primary N) is 1. The van der Waals surface area contributed by atoms with Crippen molar-refractivity contribution in [3.05, 3.63) is 48.0 Å². The zero-order valence-corrected chi connectivity index (χ0v) is 19.1. The SMILES string of the molecule is CCOc1cc(NC(=NC)NCc2cccc(S(N)(=O)=O)c2)ccc1OC.I. The summed E-state index contributed by atoms with van der Waals surface area (Å²) in [5.41, 5.74) is 1.53. The fourth-order valence-corrected chi connectivity index (χ4v) is 2.94. The number of rotatable bonds is 7. The average Bonchev–Trinajstić information content (AvgIpc) is 2.65. The van der Waals surface area contributed by atoms with Crippen molar-refractivity contribution in [2.75, 3.05) is 26.1 Å². The quantitative estimate of drug-likeness (QED) is 0.294. The number of halogens is 1. The summed E-state index contributed by atoms with van der Waals surface area (Å²) in [5.74, 6) is 1.79. The lowest BCUT2D eigenvalue weighted by atomic mass is 10.2. The van der Waals surface area contributed by atoms with E-state index in [1.54, 1.807) is 32.4 Å². The summed E-state index contributed by atoms with van der Waals surface area (Å²) in [5, 5.41) is 11.4. The normalized spacial score (nSPS) is 11.4. The van der Waals surface area contributed by atoms with Crippen molar-refractivity contribution in [3.63, 3.8) is 0 Å². The highest BCUT2D eigenvalue weighted by Gasteiger charge is 2.09. The van der Waals surface area contributed by atoms with Gasteiger partial charge in [-0.15, -0.1) is 24.0 Å². The van der Waals surface area contributed by atoms with E-state index in [0.29, 0.717) is 30.6 Å². The van der Waals surface area contributed by atoms with Crippen molar-refractivity contribution in [2.45, 2.75) is 18.4 Å². The number of primary sulfonamides is 1. The van der Waals surface area contributed by atoms with Crippen LogP contribution in [0.5, 0.6) is 11.5 Å². The molecule has 8 nitrogen and oxygen atoms in total. The van der Waals surface area contributed by atoms with Gasteiger partial charge >= 0.3 is 0 Å². The van der Waals surface area contributed by atoms with Gasteiger partial charge in [0.25, 0.3) is 0 Å². The van der Waals surface area contributed by atoms with Gasteiger partial charge in [0.2, 0.25) is 10.0 Å². The van der Waals surface area contributed by atoms with Crippen LogP contribution in [-0.2, 0) is 16.6 Å². The predicted octanol–water partition coefficient (Wildman–Crippen LogP) is 2.55. The van der Waals surface area contributed by atoms with Crippen molar-refractivity contribution in [2.24, 2.45) is 10.1 Å². The maximum Gasteiger partial charge on any atom is 0.238 e. The molecule has 0 aliphatic rings. The third-order valence-electron chi connectivity index (χ3n) is 3.64. The number of methoxy groups -OCH3 is 1. The molecule has 0 bridgehead atoms. The molecule has 0 fully saturated rings. The number of nitrogens with one attached hydrogen (secondary N) is 2. The number of guanidine groups is 1. The van der Waals surface area contributed by atoms with Crippen LogP contribution in [0.2, 0.25) is 0 Å². The Kier molecular flexibility index (Phi) is 9.49. The Labute approximate surface area is 182 Å². The smallest absolute Gasteiger partial charge is 0.238 e. The molecule has 0 amide bonds. The van der Waals surface area contributed by atoms with Gasteiger partial charge in [0.05, 0.1) is 18.6 Å². The van der Waals surface area contributed by atoms with Crippen molar-refractivity contribution in [1.82, 2.24) is 5.32 Å². The van der Waals surface area contributed by atoms with Crippen LogP contribution in [0.3, 0.4) is 0 Å². The Morgan fingerprint density at radius 1 is 1.18 bits per heavy atom. The number of sulfonamides is 1. The zero-order chi connectivity index (χ0) is 19.9. The first-order valence-corrected chi connectivity index (χ1v) is 9.82. The van der Waals surface area contributed by atoms with Gasteiger partial charge in [-0.3, -0.25) is 4.99 Å². The maximum atomic E-state index is 11.5. The summed E-state index contributed by atoms with van der Waals surface area (Å²) in [7, 11) is -0.508. The van der Waals surface area contributed by atoms with Crippen molar-refractivity contribution in [1.29, 1.82) is 0 Å². The van der Waals surface area contributed by atoms with Crippen molar-refractivity contribution >= 4 is 45.6 Å². The number of aliphatic imine (C=N–C) groups is 1. The second-order valence-electron chi connectivity index (χ2n) is 5.54. The summed E-state index contributed by atoms with van der Waals surface area (Å²) in [4.78, 5) is 4.24. The Morgan fingerprint density at radius 3 is 2.54 bits per heavy atom. The number of anilines is 1. The second-order valence-corrected chi connectivity index (χ2v) is 7.10. The molecular formula is C18H25IN4O4S. The van der Waals surface area contributed by atoms with Gasteiger partial charge in [0, 0.05) is 25.3 Å². The van der Waals surface area contributed by atoms with Gasteiger partial charge in [-0.25, -0.2) is 13.6 Å². The highest BCUT2D eigenvalue weighted by atomic mass is 127. The van der Waals surface area contributed by atoms with E-state index in [2.05, 4.69) is 15.6 Å². The lowest BCUT2D eigenvalue weighted by molar-refractivity contribution is 0.311. The van der Waals surface area contributed by atoms with Crippen LogP contribution in [0, 0.1) is 0 Å². The fourth-order valence-electron chi connectivity index (χ4n) is 2.36. The number of benzene rings is 2. The van der Waals surface area contributed by atoms with Crippen molar-refractivity contribution < 1.29 is 17.9 Å². The summed E-state index contributed by atoms with van der Waals surface area (Å²) in [6.07, 6.45) is 0. The van der Waals surface area contributed by atoms with Gasteiger partial charge in [0.1, 0.15) is 0 Å². The highest BCUT2D eigenvalue weighted by Crippen LogP contribution is 2.30. The minimum absolute atomic E-state index is 0. The predicted molar refractivity (Wildman–Crippen MR) is 121 cm³/mol. The van der Waals surface area contributed by atoms with Crippen LogP contribution in [0.15, 0.2) is 52.4 Å². The van der Waals surface area contributed by atoms with Crippen LogP contribution >= 0.6 is 24.0 Å². The lowest BCUT2D eigenvalue weighted by Gasteiger charge is -2.15. The average molecular weight is 520 g/mol. The molecule has 0 spiro atoms. The van der Waals surface area contributed by atoms with Crippen LogP contribution in [0.25, 0.3) is 0 Å².